The van der Waals surface area contributed by atoms with Crippen LogP contribution in [0.25, 0.3) is 22.5 Å². The molecule has 0 saturated heterocycles. The topological polar surface area (TPSA) is 152 Å². The molecule has 1 aliphatic rings. The number of aromatic amines is 1. The predicted molar refractivity (Wildman–Crippen MR) is 200 cm³/mol. The van der Waals surface area contributed by atoms with Crippen molar-refractivity contribution >= 4 is 41.0 Å². The third kappa shape index (κ3) is 10.5. The summed E-state index contributed by atoms with van der Waals surface area (Å²) in [5.41, 5.74) is 5.07. The average Bonchev–Trinajstić information content (AvgIpc) is 3.56. The number of hydrogen-bond donors (Lipinski definition) is 3. The lowest BCUT2D eigenvalue weighted by Crippen LogP contribution is -2.37. The van der Waals surface area contributed by atoms with Crippen molar-refractivity contribution in [2.75, 3.05) is 19.0 Å². The Labute approximate surface area is 309 Å². The van der Waals surface area contributed by atoms with Gasteiger partial charge in [0.25, 0.3) is 0 Å². The van der Waals surface area contributed by atoms with Gasteiger partial charge >= 0.3 is 12.1 Å². The van der Waals surface area contributed by atoms with E-state index in [1.807, 2.05) is 58.0 Å². The highest BCUT2D eigenvalue weighted by molar-refractivity contribution is 6.28. The van der Waals surface area contributed by atoms with Crippen molar-refractivity contribution < 1.29 is 28.7 Å². The molecule has 1 heterocycles. The number of ketones is 1. The van der Waals surface area contributed by atoms with Gasteiger partial charge in [0.15, 0.2) is 5.82 Å². The number of nitrogens with one attached hydrogen (secondary N) is 3. The second-order valence-corrected chi connectivity index (χ2v) is 14.8. The van der Waals surface area contributed by atoms with Crippen molar-refractivity contribution in [2.45, 2.75) is 71.8 Å². The average molecular weight is 728 g/mol. The molecule has 1 unspecified atom stereocenters. The number of anilines is 1. The number of alkyl carbamates (subject to hydrolysis) is 1. The summed E-state index contributed by atoms with van der Waals surface area (Å²) in [5.74, 6) is -0.576. The fourth-order valence-electron chi connectivity index (χ4n) is 6.55. The molecule has 3 aromatic carbocycles. The number of esters is 1. The van der Waals surface area contributed by atoms with E-state index in [0.29, 0.717) is 42.9 Å². The number of rotatable bonds is 12. The zero-order valence-electron chi connectivity index (χ0n) is 30.3. The molecule has 1 aliphatic carbocycles. The highest BCUT2D eigenvalue weighted by Gasteiger charge is 2.31. The number of halogens is 1. The van der Waals surface area contributed by atoms with Crippen LogP contribution in [0.3, 0.4) is 0 Å². The molecular formula is C40H46ClN5O6. The summed E-state index contributed by atoms with van der Waals surface area (Å²) >= 11 is 5.88. The number of Topliss-reactive ketones (excluding diaryl/α,β-unsaturated/α-hetero) is 1. The van der Waals surface area contributed by atoms with Gasteiger partial charge in [-0.05, 0) is 136 Å². The van der Waals surface area contributed by atoms with Crippen molar-refractivity contribution in [1.82, 2.24) is 20.5 Å². The van der Waals surface area contributed by atoms with Gasteiger partial charge in [-0.15, -0.1) is 0 Å². The molecule has 1 saturated carbocycles. The van der Waals surface area contributed by atoms with Crippen LogP contribution in [0.2, 0.25) is 5.28 Å². The Morgan fingerprint density at radius 2 is 1.62 bits per heavy atom. The van der Waals surface area contributed by atoms with Crippen molar-refractivity contribution in [3.8, 4) is 22.5 Å². The van der Waals surface area contributed by atoms with Crippen LogP contribution in [0.15, 0.2) is 66.7 Å². The van der Waals surface area contributed by atoms with E-state index in [0.717, 1.165) is 40.7 Å². The first-order valence-electron chi connectivity index (χ1n) is 17.5. The number of methoxy groups -OCH3 is 1. The highest BCUT2D eigenvalue weighted by atomic mass is 35.5. The van der Waals surface area contributed by atoms with Gasteiger partial charge in [0, 0.05) is 36.1 Å². The summed E-state index contributed by atoms with van der Waals surface area (Å²) in [4.78, 5) is 55.8. The molecular weight excluding hydrogens is 682 g/mol. The summed E-state index contributed by atoms with van der Waals surface area (Å²) in [6, 6.07) is 20.5. The van der Waals surface area contributed by atoms with Gasteiger partial charge in [-0.3, -0.25) is 9.59 Å². The van der Waals surface area contributed by atoms with Crippen molar-refractivity contribution in [1.29, 1.82) is 0 Å². The number of carbonyl (C=O) groups excluding carboxylic acids is 4. The van der Waals surface area contributed by atoms with Crippen molar-refractivity contribution in [2.24, 2.45) is 17.8 Å². The maximum absolute atomic E-state index is 13.8. The summed E-state index contributed by atoms with van der Waals surface area (Å²) in [5, 5.41) is 12.7. The molecule has 0 spiro atoms. The molecule has 274 valence electrons. The quantitative estimate of drug-likeness (QED) is 0.124. The predicted octanol–water partition coefficient (Wildman–Crippen LogP) is 7.97. The van der Waals surface area contributed by atoms with Crippen molar-refractivity contribution in [3.63, 3.8) is 0 Å². The third-order valence-corrected chi connectivity index (χ3v) is 9.49. The summed E-state index contributed by atoms with van der Waals surface area (Å²) in [6.07, 6.45) is 3.10. The number of amides is 2. The van der Waals surface area contributed by atoms with E-state index in [1.165, 1.54) is 7.11 Å². The lowest BCUT2D eigenvalue weighted by Gasteiger charge is -2.29. The molecule has 1 aromatic heterocycles. The van der Waals surface area contributed by atoms with Crippen LogP contribution in [0, 0.1) is 24.7 Å². The smallest absolute Gasteiger partial charge is 0.407 e. The second-order valence-electron chi connectivity index (χ2n) is 14.4. The Balaban J connectivity index is 1.26. The summed E-state index contributed by atoms with van der Waals surface area (Å²) in [6.45, 7) is 7.93. The number of H-pyrrole nitrogens is 1. The minimum absolute atomic E-state index is 0.0773. The Morgan fingerprint density at radius 3 is 2.21 bits per heavy atom. The van der Waals surface area contributed by atoms with E-state index in [1.54, 1.807) is 36.4 Å². The Bertz CT molecular complexity index is 1880. The third-order valence-electron chi connectivity index (χ3n) is 9.32. The zero-order chi connectivity index (χ0) is 37.4. The molecule has 3 N–H and O–H groups in total. The largest absolute Gasteiger partial charge is 0.465 e. The Morgan fingerprint density at radius 1 is 0.942 bits per heavy atom. The number of ether oxygens (including phenoxy) is 2. The van der Waals surface area contributed by atoms with Gasteiger partial charge in [0.05, 0.1) is 12.7 Å². The zero-order valence-corrected chi connectivity index (χ0v) is 31.0. The number of aryl methyl sites for hydroxylation is 1. The monoisotopic (exact) mass is 727 g/mol. The molecule has 1 fully saturated rings. The van der Waals surface area contributed by atoms with Crippen molar-refractivity contribution in [3.05, 3.63) is 88.7 Å². The standard InChI is InChI=1S/C40H46ClN5O6/c1-24-20-30(37(49)51-5)16-19-33(24)27-10-6-25(7-11-27)21-31(36(48)43-32-17-14-29(15-18-32)35-44-38(41)46-45-35)22-34(47)28-12-8-26(9-13-28)23-42-39(50)52-40(2,3)4/h6-7,10-11,14-20,26,28,31H,8-9,12-13,21-23H2,1-5H3,(H,42,50)(H,43,48)(H,44,45,46). The van der Waals surface area contributed by atoms with Gasteiger partial charge in [-0.1, -0.05) is 30.3 Å². The number of carbonyl (C=O) groups is 4. The first-order chi connectivity index (χ1) is 24.8. The molecule has 52 heavy (non-hydrogen) atoms. The number of hydrogen-bond acceptors (Lipinski definition) is 8. The molecule has 5 rings (SSSR count). The first kappa shape index (κ1) is 38.2. The Kier molecular flexibility index (Phi) is 12.5. The number of nitrogens with zero attached hydrogens (tertiary/aromatic N) is 2. The maximum atomic E-state index is 13.8. The van der Waals surface area contributed by atoms with Crippen LogP contribution in [-0.4, -0.2) is 58.2 Å². The van der Waals surface area contributed by atoms with Crippen LogP contribution in [0.1, 0.15) is 74.4 Å². The van der Waals surface area contributed by atoms with Gasteiger partial charge in [-0.25, -0.2) is 14.7 Å². The van der Waals surface area contributed by atoms with Crippen LogP contribution < -0.4 is 10.6 Å². The fourth-order valence-corrected chi connectivity index (χ4v) is 6.68. The second kappa shape index (κ2) is 17.0. The minimum Gasteiger partial charge on any atom is -0.465 e. The Hall–Kier alpha value is -5.03. The number of aromatic nitrogens is 3. The van der Waals surface area contributed by atoms with E-state index in [2.05, 4.69) is 25.8 Å². The molecule has 1 atom stereocenters. The molecule has 0 radical (unpaired) electrons. The van der Waals surface area contributed by atoms with E-state index >= 15 is 0 Å². The van der Waals surface area contributed by atoms with Gasteiger partial charge in [-0.2, -0.15) is 10.1 Å². The first-order valence-corrected chi connectivity index (χ1v) is 17.9. The SMILES string of the molecule is COC(=O)c1ccc(-c2ccc(CC(CC(=O)C3CCC(CNC(=O)OC(C)(C)C)CC3)C(=O)Nc3ccc(-c4n[nH]c(Cl)n4)cc3)cc2)c(C)c1. The summed E-state index contributed by atoms with van der Waals surface area (Å²) < 4.78 is 10.2. The van der Waals surface area contributed by atoms with Gasteiger partial charge in [0.1, 0.15) is 11.4 Å². The summed E-state index contributed by atoms with van der Waals surface area (Å²) in [7, 11) is 1.36. The molecule has 2 amide bonds. The normalized spacial score (nSPS) is 16.4. The lowest BCUT2D eigenvalue weighted by atomic mass is 9.77. The molecule has 4 aromatic rings. The molecule has 11 nitrogen and oxygen atoms in total. The minimum atomic E-state index is -0.600. The van der Waals surface area contributed by atoms with E-state index in [-0.39, 0.29) is 41.2 Å². The van der Waals surface area contributed by atoms with E-state index in [4.69, 9.17) is 21.1 Å². The molecule has 12 heteroatoms. The van der Waals surface area contributed by atoms with Crippen LogP contribution >= 0.6 is 11.6 Å². The van der Waals surface area contributed by atoms with Crippen LogP contribution in [0.4, 0.5) is 10.5 Å². The van der Waals surface area contributed by atoms with Gasteiger partial charge in [0.2, 0.25) is 11.2 Å². The van der Waals surface area contributed by atoms with Crippen LogP contribution in [-0.2, 0) is 25.5 Å². The highest BCUT2D eigenvalue weighted by Crippen LogP contribution is 2.32. The van der Waals surface area contributed by atoms with Gasteiger partial charge < -0.3 is 20.1 Å². The number of benzene rings is 3. The van der Waals surface area contributed by atoms with E-state index in [9.17, 15) is 19.2 Å². The fraction of sp³-hybridized carbons (Fsp3) is 0.400. The van der Waals surface area contributed by atoms with Crippen LogP contribution in [0.5, 0.6) is 0 Å². The van der Waals surface area contributed by atoms with E-state index < -0.39 is 17.6 Å². The molecule has 0 aliphatic heterocycles. The lowest BCUT2D eigenvalue weighted by molar-refractivity contribution is -0.129. The maximum Gasteiger partial charge on any atom is 0.407 e. The molecule has 0 bridgehead atoms.